The first-order valence-corrected chi connectivity index (χ1v) is 6.05. The Morgan fingerprint density at radius 1 is 1.33 bits per heavy atom. The maximum atomic E-state index is 5.59. The zero-order chi connectivity index (χ0) is 11.4. The minimum Gasteiger partial charge on any atom is -0.271 e. The highest BCUT2D eigenvalue weighted by Crippen LogP contribution is 2.24. The quantitative estimate of drug-likeness (QED) is 0.651. The number of nitrogens with one attached hydrogen (secondary N) is 1. The Balaban J connectivity index is 2.91. The number of halogens is 1. The molecule has 1 aromatic rings. The van der Waals surface area contributed by atoms with Crippen LogP contribution in [-0.2, 0) is 0 Å². The summed E-state index contributed by atoms with van der Waals surface area (Å²) in [6, 6.07) is 6.64. The molecule has 1 atom stereocenters. The molecule has 1 rings (SSSR count). The van der Waals surface area contributed by atoms with Crippen LogP contribution in [0, 0.1) is 12.8 Å². The van der Waals surface area contributed by atoms with Gasteiger partial charge in [0.05, 0.1) is 0 Å². The molecule has 1 unspecified atom stereocenters. The molecule has 0 aliphatic carbocycles. The van der Waals surface area contributed by atoms with Gasteiger partial charge in [-0.1, -0.05) is 35.8 Å². The third-order valence-corrected chi connectivity index (χ3v) is 2.83. The minimum absolute atomic E-state index is 0.237. The second kappa shape index (κ2) is 5.64. The summed E-state index contributed by atoms with van der Waals surface area (Å²) in [5.41, 5.74) is 5.38. The molecule has 0 amide bonds. The summed E-state index contributed by atoms with van der Waals surface area (Å²) in [6.07, 6.45) is 1.05. The van der Waals surface area contributed by atoms with E-state index in [1.54, 1.807) is 0 Å². The van der Waals surface area contributed by atoms with Gasteiger partial charge in [0.25, 0.3) is 0 Å². The lowest BCUT2D eigenvalue weighted by atomic mass is 9.96. The van der Waals surface area contributed by atoms with Crippen LogP contribution in [0.3, 0.4) is 0 Å². The molecule has 0 aromatic heterocycles. The van der Waals surface area contributed by atoms with Gasteiger partial charge in [0.2, 0.25) is 0 Å². The lowest BCUT2D eigenvalue weighted by Gasteiger charge is -2.19. The molecule has 0 saturated carbocycles. The van der Waals surface area contributed by atoms with Gasteiger partial charge in [-0.05, 0) is 42.5 Å². The lowest BCUT2D eigenvalue weighted by molar-refractivity contribution is 0.438. The van der Waals surface area contributed by atoms with Crippen LogP contribution in [0.1, 0.15) is 37.4 Å². The van der Waals surface area contributed by atoms with Crippen molar-refractivity contribution in [1.82, 2.24) is 5.43 Å². The first-order valence-electron chi connectivity index (χ1n) is 5.26. The van der Waals surface area contributed by atoms with Crippen LogP contribution in [0.4, 0.5) is 0 Å². The van der Waals surface area contributed by atoms with Crippen LogP contribution in [0.2, 0.25) is 0 Å². The number of hydrogen-bond donors (Lipinski definition) is 2. The van der Waals surface area contributed by atoms with Crippen molar-refractivity contribution in [2.24, 2.45) is 11.8 Å². The standard InChI is InChI=1S/C12H19BrN2/c1-8(2)4-12(15-14)10-5-9(3)6-11(13)7-10/h5-8,12,15H,4,14H2,1-3H3. The highest BCUT2D eigenvalue weighted by molar-refractivity contribution is 9.10. The molecule has 1 aromatic carbocycles. The summed E-state index contributed by atoms with van der Waals surface area (Å²) in [5.74, 6) is 6.22. The van der Waals surface area contributed by atoms with Crippen LogP contribution in [0.15, 0.2) is 22.7 Å². The van der Waals surface area contributed by atoms with E-state index in [0.29, 0.717) is 5.92 Å². The Labute approximate surface area is 100 Å². The molecule has 0 saturated heterocycles. The van der Waals surface area contributed by atoms with Gasteiger partial charge in [-0.2, -0.15) is 0 Å². The summed E-state index contributed by atoms with van der Waals surface area (Å²) in [4.78, 5) is 0. The molecular weight excluding hydrogens is 252 g/mol. The second-order valence-electron chi connectivity index (χ2n) is 4.41. The highest BCUT2D eigenvalue weighted by atomic mass is 79.9. The van der Waals surface area contributed by atoms with Gasteiger partial charge in [-0.25, -0.2) is 0 Å². The molecule has 3 heteroatoms. The van der Waals surface area contributed by atoms with E-state index in [0.717, 1.165) is 10.9 Å². The first kappa shape index (κ1) is 12.7. The van der Waals surface area contributed by atoms with Gasteiger partial charge in [0, 0.05) is 10.5 Å². The lowest BCUT2D eigenvalue weighted by Crippen LogP contribution is -2.29. The van der Waals surface area contributed by atoms with Gasteiger partial charge < -0.3 is 0 Å². The van der Waals surface area contributed by atoms with E-state index >= 15 is 0 Å². The Bertz CT molecular complexity index is 303. The Morgan fingerprint density at radius 3 is 2.47 bits per heavy atom. The third kappa shape index (κ3) is 3.93. The predicted octanol–water partition coefficient (Wildman–Crippen LogP) is 3.31. The summed E-state index contributed by atoms with van der Waals surface area (Å²) >= 11 is 3.51. The monoisotopic (exact) mass is 270 g/mol. The topological polar surface area (TPSA) is 38.0 Å². The van der Waals surface area contributed by atoms with Crippen LogP contribution in [0.25, 0.3) is 0 Å². The van der Waals surface area contributed by atoms with Crippen LogP contribution < -0.4 is 11.3 Å². The van der Waals surface area contributed by atoms with Crippen LogP contribution >= 0.6 is 15.9 Å². The van der Waals surface area contributed by atoms with E-state index < -0.39 is 0 Å². The van der Waals surface area contributed by atoms with E-state index in [1.165, 1.54) is 11.1 Å². The van der Waals surface area contributed by atoms with E-state index in [-0.39, 0.29) is 6.04 Å². The Hall–Kier alpha value is -0.380. The van der Waals surface area contributed by atoms with Gasteiger partial charge in [0.1, 0.15) is 0 Å². The summed E-state index contributed by atoms with van der Waals surface area (Å²) in [5, 5.41) is 0. The van der Waals surface area contributed by atoms with E-state index in [2.05, 4.69) is 60.3 Å². The number of nitrogens with two attached hydrogens (primary N) is 1. The number of hydrazine groups is 1. The number of hydrogen-bond acceptors (Lipinski definition) is 2. The zero-order valence-corrected chi connectivity index (χ0v) is 11.1. The molecule has 0 aliphatic heterocycles. The molecule has 0 radical (unpaired) electrons. The number of benzene rings is 1. The van der Waals surface area contributed by atoms with E-state index in [1.807, 2.05) is 0 Å². The summed E-state index contributed by atoms with van der Waals surface area (Å²) in [7, 11) is 0. The fourth-order valence-electron chi connectivity index (χ4n) is 1.74. The maximum Gasteiger partial charge on any atom is 0.0462 e. The maximum absolute atomic E-state index is 5.59. The summed E-state index contributed by atoms with van der Waals surface area (Å²) in [6.45, 7) is 6.50. The zero-order valence-electron chi connectivity index (χ0n) is 9.55. The van der Waals surface area contributed by atoms with Crippen LogP contribution in [0.5, 0.6) is 0 Å². The molecule has 2 nitrogen and oxygen atoms in total. The van der Waals surface area contributed by atoms with Crippen molar-refractivity contribution < 1.29 is 0 Å². The second-order valence-corrected chi connectivity index (χ2v) is 5.33. The van der Waals surface area contributed by atoms with Crippen molar-refractivity contribution in [3.8, 4) is 0 Å². The van der Waals surface area contributed by atoms with Crippen molar-refractivity contribution >= 4 is 15.9 Å². The Morgan fingerprint density at radius 2 is 2.00 bits per heavy atom. The molecular formula is C12H19BrN2. The van der Waals surface area contributed by atoms with E-state index in [4.69, 9.17) is 5.84 Å². The largest absolute Gasteiger partial charge is 0.271 e. The fourth-order valence-corrected chi connectivity index (χ4v) is 2.36. The van der Waals surface area contributed by atoms with Crippen molar-refractivity contribution in [3.63, 3.8) is 0 Å². The molecule has 0 fully saturated rings. The highest BCUT2D eigenvalue weighted by Gasteiger charge is 2.12. The van der Waals surface area contributed by atoms with Crippen molar-refractivity contribution in [3.05, 3.63) is 33.8 Å². The fraction of sp³-hybridized carbons (Fsp3) is 0.500. The number of rotatable bonds is 4. The summed E-state index contributed by atoms with van der Waals surface area (Å²) < 4.78 is 1.11. The normalized spacial score (nSPS) is 13.2. The molecule has 0 heterocycles. The minimum atomic E-state index is 0.237. The SMILES string of the molecule is Cc1cc(Br)cc(C(CC(C)C)NN)c1. The number of aryl methyl sites for hydroxylation is 1. The molecule has 0 spiro atoms. The van der Waals surface area contributed by atoms with Crippen molar-refractivity contribution in [2.45, 2.75) is 33.2 Å². The predicted molar refractivity (Wildman–Crippen MR) is 68.4 cm³/mol. The van der Waals surface area contributed by atoms with Gasteiger partial charge >= 0.3 is 0 Å². The van der Waals surface area contributed by atoms with Crippen molar-refractivity contribution in [1.29, 1.82) is 0 Å². The van der Waals surface area contributed by atoms with Crippen molar-refractivity contribution in [2.75, 3.05) is 0 Å². The first-order chi connectivity index (χ1) is 7.02. The van der Waals surface area contributed by atoms with Crippen LogP contribution in [-0.4, -0.2) is 0 Å². The Kier molecular flexibility index (Phi) is 4.77. The molecule has 15 heavy (non-hydrogen) atoms. The third-order valence-electron chi connectivity index (χ3n) is 2.38. The van der Waals surface area contributed by atoms with Gasteiger partial charge in [-0.15, -0.1) is 0 Å². The van der Waals surface area contributed by atoms with Gasteiger partial charge in [0.15, 0.2) is 0 Å². The molecule has 0 aliphatic rings. The smallest absolute Gasteiger partial charge is 0.0462 e. The molecule has 84 valence electrons. The molecule has 0 bridgehead atoms. The van der Waals surface area contributed by atoms with E-state index in [9.17, 15) is 0 Å². The van der Waals surface area contributed by atoms with Gasteiger partial charge in [-0.3, -0.25) is 11.3 Å². The average Bonchev–Trinajstić information content (AvgIpc) is 2.12. The average molecular weight is 271 g/mol. The molecule has 3 N–H and O–H groups in total.